The highest BCUT2D eigenvalue weighted by molar-refractivity contribution is 6.30. The number of carbonyl (C=O) groups is 1. The lowest BCUT2D eigenvalue weighted by atomic mass is 9.96. The number of alkyl halides is 3. The molecular formula is C19H19ClF3NO3. The summed E-state index contributed by atoms with van der Waals surface area (Å²) in [6, 6.07) is 8.40. The van der Waals surface area contributed by atoms with E-state index in [2.05, 4.69) is 5.32 Å². The molecule has 27 heavy (non-hydrogen) atoms. The largest absolute Gasteiger partial charge is 0.497 e. The maximum absolute atomic E-state index is 13.1. The van der Waals surface area contributed by atoms with Crippen LogP contribution in [0.25, 0.3) is 0 Å². The lowest BCUT2D eigenvalue weighted by Crippen LogP contribution is -2.18. The van der Waals surface area contributed by atoms with Gasteiger partial charge in [-0.2, -0.15) is 13.2 Å². The van der Waals surface area contributed by atoms with Crippen LogP contribution >= 0.6 is 11.6 Å². The van der Waals surface area contributed by atoms with Crippen molar-refractivity contribution >= 4 is 23.2 Å². The molecule has 0 aromatic heterocycles. The van der Waals surface area contributed by atoms with Crippen molar-refractivity contribution in [2.24, 2.45) is 0 Å². The molecule has 4 nitrogen and oxygen atoms in total. The lowest BCUT2D eigenvalue weighted by Gasteiger charge is -2.18. The molecule has 1 N–H and O–H groups in total. The van der Waals surface area contributed by atoms with Gasteiger partial charge in [0.05, 0.1) is 25.5 Å². The summed E-state index contributed by atoms with van der Waals surface area (Å²) < 4.78 is 49.9. The molecule has 0 fully saturated rings. The molecule has 0 heterocycles. The fourth-order valence-corrected chi connectivity index (χ4v) is 2.85. The number of halogens is 4. The van der Waals surface area contributed by atoms with E-state index in [1.54, 1.807) is 25.1 Å². The van der Waals surface area contributed by atoms with E-state index in [0.717, 1.165) is 17.7 Å². The fourth-order valence-electron chi connectivity index (χ4n) is 2.67. The Morgan fingerprint density at radius 3 is 2.44 bits per heavy atom. The van der Waals surface area contributed by atoms with E-state index in [0.29, 0.717) is 11.5 Å². The lowest BCUT2D eigenvalue weighted by molar-refractivity contribution is -0.137. The Labute approximate surface area is 160 Å². The quantitative estimate of drug-likeness (QED) is 0.694. The number of benzene rings is 2. The number of methoxy groups -OCH3 is 2. The molecule has 0 saturated carbocycles. The molecule has 0 aliphatic rings. The third-order valence-electron chi connectivity index (χ3n) is 4.02. The van der Waals surface area contributed by atoms with Crippen LogP contribution < -0.4 is 14.8 Å². The zero-order valence-electron chi connectivity index (χ0n) is 15.0. The van der Waals surface area contributed by atoms with Crippen molar-refractivity contribution in [3.05, 3.63) is 52.5 Å². The number of nitrogens with one attached hydrogen (secondary N) is 1. The average Bonchev–Trinajstić information content (AvgIpc) is 2.61. The smallest absolute Gasteiger partial charge is 0.418 e. The van der Waals surface area contributed by atoms with Crippen LogP contribution in [0.3, 0.4) is 0 Å². The van der Waals surface area contributed by atoms with Gasteiger partial charge >= 0.3 is 6.18 Å². The first-order chi connectivity index (χ1) is 12.7. The summed E-state index contributed by atoms with van der Waals surface area (Å²) in [6.45, 7) is 1.79. The summed E-state index contributed by atoms with van der Waals surface area (Å²) in [6.07, 6.45) is -4.65. The standard InChI is InChI=1S/C19H19ClF3NO3/c1-11(14-6-5-13(26-2)10-17(14)27-3)8-18(25)24-16-7-4-12(20)9-15(16)19(21,22)23/h4-7,9-11H,8H2,1-3H3,(H,24,25). The Kier molecular flexibility index (Phi) is 6.59. The second kappa shape index (κ2) is 8.52. The summed E-state index contributed by atoms with van der Waals surface area (Å²) in [4.78, 5) is 12.3. The zero-order valence-corrected chi connectivity index (χ0v) is 15.7. The van der Waals surface area contributed by atoms with Gasteiger partial charge in [0.1, 0.15) is 11.5 Å². The molecule has 8 heteroatoms. The van der Waals surface area contributed by atoms with Crippen LogP contribution in [0.1, 0.15) is 30.4 Å². The third-order valence-corrected chi connectivity index (χ3v) is 4.26. The van der Waals surface area contributed by atoms with Crippen LogP contribution in [-0.4, -0.2) is 20.1 Å². The Morgan fingerprint density at radius 2 is 1.85 bits per heavy atom. The molecule has 0 radical (unpaired) electrons. The van der Waals surface area contributed by atoms with Gasteiger partial charge in [0, 0.05) is 17.5 Å². The molecule has 2 aromatic carbocycles. The predicted molar refractivity (Wildman–Crippen MR) is 97.7 cm³/mol. The van der Waals surface area contributed by atoms with Gasteiger partial charge in [0.15, 0.2) is 0 Å². The number of carbonyl (C=O) groups excluding carboxylic acids is 1. The van der Waals surface area contributed by atoms with Crippen LogP contribution in [0.15, 0.2) is 36.4 Å². The number of rotatable bonds is 6. The summed E-state index contributed by atoms with van der Waals surface area (Å²) in [5.74, 6) is 0.307. The van der Waals surface area contributed by atoms with Crippen molar-refractivity contribution < 1.29 is 27.4 Å². The molecular weight excluding hydrogens is 383 g/mol. The molecule has 1 unspecified atom stereocenters. The van der Waals surface area contributed by atoms with E-state index in [9.17, 15) is 18.0 Å². The van der Waals surface area contributed by atoms with Gasteiger partial charge in [-0.3, -0.25) is 4.79 Å². The Hall–Kier alpha value is -2.41. The first-order valence-corrected chi connectivity index (χ1v) is 8.42. The molecule has 0 aliphatic heterocycles. The van der Waals surface area contributed by atoms with Crippen molar-refractivity contribution in [3.63, 3.8) is 0 Å². The Bertz CT molecular complexity index is 824. The van der Waals surface area contributed by atoms with E-state index in [-0.39, 0.29) is 23.0 Å². The summed E-state index contributed by atoms with van der Waals surface area (Å²) in [5.41, 5.74) is -0.565. The molecule has 2 aromatic rings. The van der Waals surface area contributed by atoms with Crippen molar-refractivity contribution in [1.29, 1.82) is 0 Å². The average molecular weight is 402 g/mol. The minimum Gasteiger partial charge on any atom is -0.497 e. The van der Waals surface area contributed by atoms with Crippen LogP contribution in [0.2, 0.25) is 5.02 Å². The van der Waals surface area contributed by atoms with E-state index in [1.807, 2.05) is 0 Å². The van der Waals surface area contributed by atoms with E-state index >= 15 is 0 Å². The maximum atomic E-state index is 13.1. The fraction of sp³-hybridized carbons (Fsp3) is 0.316. The maximum Gasteiger partial charge on any atom is 0.418 e. The third kappa shape index (κ3) is 5.29. The minimum atomic E-state index is -4.63. The van der Waals surface area contributed by atoms with Gasteiger partial charge in [-0.1, -0.05) is 24.6 Å². The number of anilines is 1. The van der Waals surface area contributed by atoms with Gasteiger partial charge in [0.25, 0.3) is 0 Å². The highest BCUT2D eigenvalue weighted by Crippen LogP contribution is 2.37. The summed E-state index contributed by atoms with van der Waals surface area (Å²) >= 11 is 5.65. The molecule has 0 saturated heterocycles. The van der Waals surface area contributed by atoms with E-state index in [4.69, 9.17) is 21.1 Å². The Morgan fingerprint density at radius 1 is 1.15 bits per heavy atom. The predicted octanol–water partition coefficient (Wildman–Crippen LogP) is 5.51. The summed E-state index contributed by atoms with van der Waals surface area (Å²) in [5, 5.41) is 2.26. The SMILES string of the molecule is COc1ccc(C(C)CC(=O)Nc2ccc(Cl)cc2C(F)(F)F)c(OC)c1. The highest BCUT2D eigenvalue weighted by atomic mass is 35.5. The van der Waals surface area contributed by atoms with Crippen LogP contribution in [0.4, 0.5) is 18.9 Å². The van der Waals surface area contributed by atoms with E-state index in [1.165, 1.54) is 20.3 Å². The van der Waals surface area contributed by atoms with E-state index < -0.39 is 17.6 Å². The number of ether oxygens (including phenoxy) is 2. The van der Waals surface area contributed by atoms with Crippen molar-refractivity contribution in [2.75, 3.05) is 19.5 Å². The second-order valence-electron chi connectivity index (χ2n) is 5.95. The molecule has 146 valence electrons. The van der Waals surface area contributed by atoms with Gasteiger partial charge < -0.3 is 14.8 Å². The van der Waals surface area contributed by atoms with Gasteiger partial charge in [-0.25, -0.2) is 0 Å². The van der Waals surface area contributed by atoms with Crippen LogP contribution in [-0.2, 0) is 11.0 Å². The second-order valence-corrected chi connectivity index (χ2v) is 6.39. The Balaban J connectivity index is 2.17. The first kappa shape index (κ1) is 20.9. The molecule has 1 atom stereocenters. The molecule has 2 rings (SSSR count). The topological polar surface area (TPSA) is 47.6 Å². The van der Waals surface area contributed by atoms with Gasteiger partial charge in [-0.05, 0) is 35.7 Å². The van der Waals surface area contributed by atoms with Crippen molar-refractivity contribution in [2.45, 2.75) is 25.4 Å². The molecule has 0 bridgehead atoms. The molecule has 0 aliphatic carbocycles. The normalized spacial score (nSPS) is 12.4. The van der Waals surface area contributed by atoms with Crippen LogP contribution in [0, 0.1) is 0 Å². The summed E-state index contributed by atoms with van der Waals surface area (Å²) in [7, 11) is 3.02. The number of hydrogen-bond donors (Lipinski definition) is 1. The number of hydrogen-bond acceptors (Lipinski definition) is 3. The molecule has 0 spiro atoms. The molecule has 1 amide bonds. The first-order valence-electron chi connectivity index (χ1n) is 8.04. The number of amides is 1. The van der Waals surface area contributed by atoms with Gasteiger partial charge in [-0.15, -0.1) is 0 Å². The zero-order chi connectivity index (χ0) is 20.2. The van der Waals surface area contributed by atoms with Gasteiger partial charge in [0.2, 0.25) is 5.91 Å². The van der Waals surface area contributed by atoms with Crippen molar-refractivity contribution in [1.82, 2.24) is 0 Å². The highest BCUT2D eigenvalue weighted by Gasteiger charge is 2.34. The van der Waals surface area contributed by atoms with Crippen LogP contribution in [0.5, 0.6) is 11.5 Å². The minimum absolute atomic E-state index is 0.0252. The van der Waals surface area contributed by atoms with Crippen molar-refractivity contribution in [3.8, 4) is 11.5 Å². The monoisotopic (exact) mass is 401 g/mol.